The van der Waals surface area contributed by atoms with Crippen LogP contribution in [-0.4, -0.2) is 57.8 Å². The maximum atomic E-state index is 12.0. The molecule has 2 aromatic heterocycles. The zero-order valence-corrected chi connectivity index (χ0v) is 20.2. The number of aromatic hydroxyl groups is 1. The van der Waals surface area contributed by atoms with Crippen molar-refractivity contribution in [1.29, 1.82) is 0 Å². The summed E-state index contributed by atoms with van der Waals surface area (Å²) in [5.74, 6) is -0.499. The maximum absolute atomic E-state index is 12.0. The van der Waals surface area contributed by atoms with E-state index < -0.39 is 5.97 Å². The second kappa shape index (κ2) is 9.59. The standard InChI is InChI=1S/C28H25N5O3/c1-33(2)16-17-4-8-20(9-5-17)31-26(18-7-11-22-24(14-18)30-13-12-29-22)25-21-10-6-19(28(35)36-3)15-23(21)32-27(25)34/h4-15,32,34H,16H2,1-3H3. The van der Waals surface area contributed by atoms with E-state index in [2.05, 4.69) is 19.9 Å². The number of rotatable bonds is 6. The number of carbonyl (C=O) groups is 1. The lowest BCUT2D eigenvalue weighted by Crippen LogP contribution is -2.10. The lowest BCUT2D eigenvalue weighted by Gasteiger charge is -2.11. The number of carbonyl (C=O) groups excluding carboxylic acids is 1. The maximum Gasteiger partial charge on any atom is 0.337 e. The largest absolute Gasteiger partial charge is 0.494 e. The average Bonchev–Trinajstić information content (AvgIpc) is 3.21. The molecule has 3 aromatic carbocycles. The Labute approximate surface area is 207 Å². The summed E-state index contributed by atoms with van der Waals surface area (Å²) in [6, 6.07) is 18.8. The van der Waals surface area contributed by atoms with Gasteiger partial charge in [-0.05, 0) is 56.1 Å². The Hall–Kier alpha value is -4.56. The fourth-order valence-corrected chi connectivity index (χ4v) is 4.21. The first-order chi connectivity index (χ1) is 17.4. The molecule has 0 unspecified atom stereocenters. The monoisotopic (exact) mass is 479 g/mol. The first kappa shape index (κ1) is 23.2. The summed E-state index contributed by atoms with van der Waals surface area (Å²) >= 11 is 0. The van der Waals surface area contributed by atoms with E-state index in [9.17, 15) is 9.90 Å². The van der Waals surface area contributed by atoms with Gasteiger partial charge in [-0.1, -0.05) is 24.3 Å². The van der Waals surface area contributed by atoms with Gasteiger partial charge in [-0.2, -0.15) is 0 Å². The van der Waals surface area contributed by atoms with Gasteiger partial charge in [0.05, 0.1) is 40.7 Å². The van der Waals surface area contributed by atoms with E-state index >= 15 is 0 Å². The van der Waals surface area contributed by atoms with E-state index in [1.54, 1.807) is 30.6 Å². The molecule has 0 radical (unpaired) electrons. The topological polar surface area (TPSA) is 104 Å². The molecule has 0 aliphatic heterocycles. The van der Waals surface area contributed by atoms with Crippen LogP contribution in [0.15, 0.2) is 78.0 Å². The van der Waals surface area contributed by atoms with Gasteiger partial charge in [0.25, 0.3) is 0 Å². The lowest BCUT2D eigenvalue weighted by atomic mass is 9.99. The predicted octanol–water partition coefficient (Wildman–Crippen LogP) is 4.83. The summed E-state index contributed by atoms with van der Waals surface area (Å²) in [5.41, 5.74) is 6.25. The Morgan fingerprint density at radius 3 is 2.42 bits per heavy atom. The molecule has 0 bridgehead atoms. The van der Waals surface area contributed by atoms with Gasteiger partial charge in [-0.3, -0.25) is 9.97 Å². The first-order valence-electron chi connectivity index (χ1n) is 11.4. The molecule has 8 nitrogen and oxygen atoms in total. The molecule has 0 spiro atoms. The van der Waals surface area contributed by atoms with Gasteiger partial charge in [0, 0.05) is 35.4 Å². The normalized spacial score (nSPS) is 11.9. The molecular formula is C28H25N5O3. The smallest absolute Gasteiger partial charge is 0.337 e. The lowest BCUT2D eigenvalue weighted by molar-refractivity contribution is 0.0601. The van der Waals surface area contributed by atoms with E-state index in [4.69, 9.17) is 9.73 Å². The number of hydrogen-bond acceptors (Lipinski definition) is 7. The molecule has 5 rings (SSSR count). The predicted molar refractivity (Wildman–Crippen MR) is 140 cm³/mol. The first-order valence-corrected chi connectivity index (χ1v) is 11.4. The highest BCUT2D eigenvalue weighted by Gasteiger charge is 2.20. The minimum Gasteiger partial charge on any atom is -0.494 e. The highest BCUT2D eigenvalue weighted by molar-refractivity contribution is 6.22. The van der Waals surface area contributed by atoms with Crippen molar-refractivity contribution in [3.63, 3.8) is 0 Å². The second-order valence-corrected chi connectivity index (χ2v) is 8.73. The van der Waals surface area contributed by atoms with Gasteiger partial charge in [0.1, 0.15) is 0 Å². The highest BCUT2D eigenvalue weighted by atomic mass is 16.5. The third-order valence-electron chi connectivity index (χ3n) is 5.86. The molecule has 0 aliphatic carbocycles. The molecule has 0 amide bonds. The summed E-state index contributed by atoms with van der Waals surface area (Å²) in [6.07, 6.45) is 3.29. The van der Waals surface area contributed by atoms with Gasteiger partial charge in [0.15, 0.2) is 5.88 Å². The summed E-state index contributed by atoms with van der Waals surface area (Å²) in [7, 11) is 5.39. The number of hydrogen-bond donors (Lipinski definition) is 2. The van der Waals surface area contributed by atoms with Crippen LogP contribution in [0, 0.1) is 0 Å². The molecule has 36 heavy (non-hydrogen) atoms. The molecular weight excluding hydrogens is 454 g/mol. The van der Waals surface area contributed by atoms with E-state index in [1.807, 2.05) is 56.6 Å². The number of H-pyrrole nitrogens is 1. The van der Waals surface area contributed by atoms with Crippen molar-refractivity contribution in [2.45, 2.75) is 6.54 Å². The zero-order chi connectivity index (χ0) is 25.2. The van der Waals surface area contributed by atoms with Crippen LogP contribution in [0.4, 0.5) is 5.69 Å². The molecule has 8 heteroatoms. The molecule has 0 fully saturated rings. The van der Waals surface area contributed by atoms with Crippen LogP contribution in [0.1, 0.15) is 27.0 Å². The van der Waals surface area contributed by atoms with Crippen molar-refractivity contribution in [2.24, 2.45) is 4.99 Å². The molecule has 0 atom stereocenters. The number of benzene rings is 3. The molecule has 5 aromatic rings. The molecule has 2 heterocycles. The van der Waals surface area contributed by atoms with E-state index in [0.717, 1.165) is 34.2 Å². The third-order valence-corrected chi connectivity index (χ3v) is 5.86. The van der Waals surface area contributed by atoms with E-state index in [-0.39, 0.29) is 5.88 Å². The number of fused-ring (bicyclic) bond motifs is 2. The number of methoxy groups -OCH3 is 1. The van der Waals surface area contributed by atoms with Crippen LogP contribution in [0.25, 0.3) is 21.9 Å². The molecule has 0 aliphatic rings. The molecule has 180 valence electrons. The van der Waals surface area contributed by atoms with Crippen LogP contribution < -0.4 is 0 Å². The Kier molecular flexibility index (Phi) is 6.18. The Bertz CT molecular complexity index is 1600. The molecule has 2 N–H and O–H groups in total. The number of aromatic nitrogens is 3. The van der Waals surface area contributed by atoms with Crippen molar-refractivity contribution in [1.82, 2.24) is 19.9 Å². The van der Waals surface area contributed by atoms with Crippen LogP contribution in [-0.2, 0) is 11.3 Å². The Balaban J connectivity index is 1.69. The minimum atomic E-state index is -0.452. The van der Waals surface area contributed by atoms with Crippen molar-refractivity contribution in [3.05, 3.63) is 95.3 Å². The highest BCUT2D eigenvalue weighted by Crippen LogP contribution is 2.33. The summed E-state index contributed by atoms with van der Waals surface area (Å²) in [6.45, 7) is 0.825. The van der Waals surface area contributed by atoms with Gasteiger partial charge in [0.2, 0.25) is 0 Å². The average molecular weight is 480 g/mol. The van der Waals surface area contributed by atoms with E-state index in [1.165, 1.54) is 12.7 Å². The SMILES string of the molecule is COC(=O)c1ccc2c(C(=Nc3ccc(CN(C)C)cc3)c3ccc4nccnc4c3)c(O)[nH]c2c1. The minimum absolute atomic E-state index is 0.0470. The van der Waals surface area contributed by atoms with Gasteiger partial charge >= 0.3 is 5.97 Å². The van der Waals surface area contributed by atoms with Gasteiger partial charge < -0.3 is 19.7 Å². The van der Waals surface area contributed by atoms with Crippen molar-refractivity contribution < 1.29 is 14.6 Å². The van der Waals surface area contributed by atoms with E-state index in [0.29, 0.717) is 22.4 Å². The van der Waals surface area contributed by atoms with Crippen molar-refractivity contribution in [2.75, 3.05) is 21.2 Å². The number of nitrogens with one attached hydrogen (secondary N) is 1. The van der Waals surface area contributed by atoms with Crippen molar-refractivity contribution >= 4 is 39.3 Å². The molecule has 0 saturated heterocycles. The van der Waals surface area contributed by atoms with Crippen molar-refractivity contribution in [3.8, 4) is 5.88 Å². The van der Waals surface area contributed by atoms with Crippen LogP contribution >= 0.6 is 0 Å². The number of ether oxygens (including phenoxy) is 1. The summed E-state index contributed by atoms with van der Waals surface area (Å²) in [4.78, 5) is 30.9. The van der Waals surface area contributed by atoms with Crippen LogP contribution in [0.5, 0.6) is 5.88 Å². The van der Waals surface area contributed by atoms with Gasteiger partial charge in [-0.15, -0.1) is 0 Å². The summed E-state index contributed by atoms with van der Waals surface area (Å²) in [5, 5.41) is 11.7. The second-order valence-electron chi connectivity index (χ2n) is 8.73. The molecule has 0 saturated carbocycles. The fraction of sp³-hybridized carbons (Fsp3) is 0.143. The Morgan fingerprint density at radius 1 is 0.972 bits per heavy atom. The van der Waals surface area contributed by atoms with Gasteiger partial charge in [-0.25, -0.2) is 9.79 Å². The van der Waals surface area contributed by atoms with Crippen LogP contribution in [0.3, 0.4) is 0 Å². The number of aliphatic imine (C=N–C) groups is 1. The third kappa shape index (κ3) is 4.54. The Morgan fingerprint density at radius 2 is 1.69 bits per heavy atom. The number of nitrogens with zero attached hydrogens (tertiary/aromatic N) is 4. The zero-order valence-electron chi connectivity index (χ0n) is 20.2. The quantitative estimate of drug-likeness (QED) is 0.267. The number of esters is 1. The summed E-state index contributed by atoms with van der Waals surface area (Å²) < 4.78 is 4.84. The van der Waals surface area contributed by atoms with Crippen LogP contribution in [0.2, 0.25) is 0 Å². The number of aromatic amines is 1. The fourth-order valence-electron chi connectivity index (χ4n) is 4.21.